The highest BCUT2D eigenvalue weighted by molar-refractivity contribution is 9.10. The minimum atomic E-state index is -0.797. The molecule has 1 N–H and O–H groups in total. The predicted octanol–water partition coefficient (Wildman–Crippen LogP) is 5.40. The van der Waals surface area contributed by atoms with E-state index in [1.807, 2.05) is 38.1 Å². The Morgan fingerprint density at radius 1 is 0.943 bits per heavy atom. The fourth-order valence-electron chi connectivity index (χ4n) is 3.58. The van der Waals surface area contributed by atoms with Crippen LogP contribution in [0.3, 0.4) is 0 Å². The summed E-state index contributed by atoms with van der Waals surface area (Å²) in [4.78, 5) is 38.9. The van der Waals surface area contributed by atoms with Crippen LogP contribution in [0.2, 0.25) is 0 Å². The minimum absolute atomic E-state index is 0.163. The van der Waals surface area contributed by atoms with E-state index in [9.17, 15) is 14.4 Å². The standard InChI is InChI=1S/C27H23BrN2O5/c1-3-34-24-15-18(8-13-23(24)35-16-19-7-5-4-6-17(19)2)14-22-25(31)29-27(33)30(26(22)32)21-11-9-20(28)10-12-21/h4-15H,3,16H2,1-2H3,(H,29,31,33)/b22-14-. The van der Waals surface area contributed by atoms with E-state index in [2.05, 4.69) is 21.2 Å². The summed E-state index contributed by atoms with van der Waals surface area (Å²) >= 11 is 3.33. The van der Waals surface area contributed by atoms with E-state index in [0.717, 1.165) is 20.5 Å². The highest BCUT2D eigenvalue weighted by Gasteiger charge is 2.36. The second kappa shape index (κ2) is 10.6. The molecule has 1 heterocycles. The normalized spacial score (nSPS) is 14.8. The third-order valence-corrected chi connectivity index (χ3v) is 5.94. The number of nitrogens with one attached hydrogen (secondary N) is 1. The van der Waals surface area contributed by atoms with Gasteiger partial charge in [0.05, 0.1) is 12.3 Å². The van der Waals surface area contributed by atoms with Gasteiger partial charge in [-0.05, 0) is 73.0 Å². The van der Waals surface area contributed by atoms with Crippen LogP contribution in [0.25, 0.3) is 6.08 Å². The van der Waals surface area contributed by atoms with Crippen LogP contribution in [0.1, 0.15) is 23.6 Å². The Hall–Kier alpha value is -3.91. The Kier molecular flexibility index (Phi) is 7.31. The average molecular weight is 535 g/mol. The summed E-state index contributed by atoms with van der Waals surface area (Å²) < 4.78 is 12.5. The lowest BCUT2D eigenvalue weighted by Gasteiger charge is -2.26. The number of hydrogen-bond donors (Lipinski definition) is 1. The number of rotatable bonds is 7. The van der Waals surface area contributed by atoms with E-state index in [4.69, 9.17) is 9.47 Å². The van der Waals surface area contributed by atoms with Gasteiger partial charge < -0.3 is 9.47 Å². The smallest absolute Gasteiger partial charge is 0.335 e. The monoisotopic (exact) mass is 534 g/mol. The summed E-state index contributed by atoms with van der Waals surface area (Å²) in [5.41, 5.74) is 2.93. The van der Waals surface area contributed by atoms with Gasteiger partial charge in [-0.3, -0.25) is 14.9 Å². The van der Waals surface area contributed by atoms with Crippen molar-refractivity contribution in [3.8, 4) is 11.5 Å². The van der Waals surface area contributed by atoms with Crippen LogP contribution in [0.15, 0.2) is 76.8 Å². The molecule has 7 nitrogen and oxygen atoms in total. The lowest BCUT2D eigenvalue weighted by molar-refractivity contribution is -0.122. The molecule has 0 aromatic heterocycles. The molecule has 0 bridgehead atoms. The molecular formula is C27H23BrN2O5. The van der Waals surface area contributed by atoms with Gasteiger partial charge in [-0.1, -0.05) is 46.3 Å². The van der Waals surface area contributed by atoms with Gasteiger partial charge >= 0.3 is 6.03 Å². The maximum absolute atomic E-state index is 13.1. The number of imide groups is 2. The number of amides is 4. The second-order valence-electron chi connectivity index (χ2n) is 7.79. The number of halogens is 1. The molecular weight excluding hydrogens is 512 g/mol. The van der Waals surface area contributed by atoms with Gasteiger partial charge in [0.1, 0.15) is 12.2 Å². The molecule has 0 saturated carbocycles. The predicted molar refractivity (Wildman–Crippen MR) is 136 cm³/mol. The number of carbonyl (C=O) groups is 3. The maximum atomic E-state index is 13.1. The summed E-state index contributed by atoms with van der Waals surface area (Å²) in [6, 6.07) is 19.0. The van der Waals surface area contributed by atoms with Gasteiger partial charge in [0, 0.05) is 4.47 Å². The van der Waals surface area contributed by atoms with E-state index in [1.54, 1.807) is 42.5 Å². The SMILES string of the molecule is CCOc1cc(/C=C2/C(=O)NC(=O)N(c3ccc(Br)cc3)C2=O)ccc1OCc1ccccc1C. The molecule has 0 aliphatic carbocycles. The third-order valence-electron chi connectivity index (χ3n) is 5.41. The Labute approximate surface area is 211 Å². The molecule has 0 unspecified atom stereocenters. The topological polar surface area (TPSA) is 84.9 Å². The molecule has 1 aliphatic heterocycles. The van der Waals surface area contributed by atoms with E-state index in [1.165, 1.54) is 6.08 Å². The second-order valence-corrected chi connectivity index (χ2v) is 8.70. The van der Waals surface area contributed by atoms with Crippen molar-refractivity contribution in [3.63, 3.8) is 0 Å². The molecule has 4 amide bonds. The third kappa shape index (κ3) is 5.44. The molecule has 178 valence electrons. The molecule has 1 saturated heterocycles. The first-order chi connectivity index (χ1) is 16.9. The number of benzene rings is 3. The summed E-state index contributed by atoms with van der Waals surface area (Å²) in [6.45, 7) is 4.66. The van der Waals surface area contributed by atoms with Gasteiger partial charge in [0.25, 0.3) is 11.8 Å². The molecule has 1 aliphatic rings. The zero-order valence-electron chi connectivity index (χ0n) is 19.2. The number of hydrogen-bond acceptors (Lipinski definition) is 5. The van der Waals surface area contributed by atoms with E-state index in [0.29, 0.717) is 36.0 Å². The van der Waals surface area contributed by atoms with Crippen LogP contribution in [-0.2, 0) is 16.2 Å². The van der Waals surface area contributed by atoms with Gasteiger partial charge in [0.15, 0.2) is 11.5 Å². The number of urea groups is 1. The lowest BCUT2D eigenvalue weighted by atomic mass is 10.1. The van der Waals surface area contributed by atoms with E-state index in [-0.39, 0.29) is 5.57 Å². The summed E-state index contributed by atoms with van der Waals surface area (Å²) in [5.74, 6) is -0.437. The van der Waals surface area contributed by atoms with Crippen LogP contribution in [0.4, 0.5) is 10.5 Å². The number of anilines is 1. The number of ether oxygens (including phenoxy) is 2. The van der Waals surface area contributed by atoms with Crippen LogP contribution in [0, 0.1) is 6.92 Å². The van der Waals surface area contributed by atoms with Crippen LogP contribution < -0.4 is 19.7 Å². The van der Waals surface area contributed by atoms with Crippen molar-refractivity contribution in [2.24, 2.45) is 0 Å². The van der Waals surface area contributed by atoms with Gasteiger partial charge in [-0.2, -0.15) is 0 Å². The first kappa shape index (κ1) is 24.2. The zero-order valence-corrected chi connectivity index (χ0v) is 20.8. The lowest BCUT2D eigenvalue weighted by Crippen LogP contribution is -2.54. The Balaban J connectivity index is 1.61. The Morgan fingerprint density at radius 3 is 2.40 bits per heavy atom. The van der Waals surface area contributed by atoms with Crippen molar-refractivity contribution in [2.45, 2.75) is 20.5 Å². The van der Waals surface area contributed by atoms with Crippen molar-refractivity contribution in [2.75, 3.05) is 11.5 Å². The quantitative estimate of drug-likeness (QED) is 0.324. The minimum Gasteiger partial charge on any atom is -0.490 e. The number of nitrogens with zero attached hydrogens (tertiary/aromatic N) is 1. The summed E-state index contributed by atoms with van der Waals surface area (Å²) in [6.07, 6.45) is 1.43. The van der Waals surface area contributed by atoms with E-state index < -0.39 is 17.8 Å². The van der Waals surface area contributed by atoms with Crippen molar-refractivity contribution in [1.82, 2.24) is 5.32 Å². The largest absolute Gasteiger partial charge is 0.490 e. The van der Waals surface area contributed by atoms with Crippen LogP contribution in [-0.4, -0.2) is 24.5 Å². The van der Waals surface area contributed by atoms with E-state index >= 15 is 0 Å². The molecule has 0 atom stereocenters. The van der Waals surface area contributed by atoms with Crippen molar-refractivity contribution in [1.29, 1.82) is 0 Å². The summed E-state index contributed by atoms with van der Waals surface area (Å²) in [7, 11) is 0. The first-order valence-electron chi connectivity index (χ1n) is 11.0. The number of aryl methyl sites for hydroxylation is 1. The van der Waals surface area contributed by atoms with Crippen molar-refractivity contribution >= 4 is 45.5 Å². The number of carbonyl (C=O) groups excluding carboxylic acids is 3. The molecule has 1 fully saturated rings. The zero-order chi connectivity index (χ0) is 24.9. The van der Waals surface area contributed by atoms with Gasteiger partial charge in [-0.25, -0.2) is 9.69 Å². The Morgan fingerprint density at radius 2 is 1.69 bits per heavy atom. The highest BCUT2D eigenvalue weighted by atomic mass is 79.9. The highest BCUT2D eigenvalue weighted by Crippen LogP contribution is 2.31. The Bertz CT molecular complexity index is 1320. The summed E-state index contributed by atoms with van der Waals surface area (Å²) in [5, 5.41) is 2.23. The molecule has 4 rings (SSSR count). The molecule has 3 aromatic rings. The molecule has 8 heteroatoms. The van der Waals surface area contributed by atoms with Crippen LogP contribution >= 0.6 is 15.9 Å². The maximum Gasteiger partial charge on any atom is 0.335 e. The molecule has 35 heavy (non-hydrogen) atoms. The number of barbiturate groups is 1. The molecule has 0 spiro atoms. The van der Waals surface area contributed by atoms with Gasteiger partial charge in [0.2, 0.25) is 0 Å². The van der Waals surface area contributed by atoms with Gasteiger partial charge in [-0.15, -0.1) is 0 Å². The van der Waals surface area contributed by atoms with Crippen LogP contribution in [0.5, 0.6) is 11.5 Å². The fourth-order valence-corrected chi connectivity index (χ4v) is 3.84. The fraction of sp³-hybridized carbons (Fsp3) is 0.148. The molecule has 3 aromatic carbocycles. The van der Waals surface area contributed by atoms with Crippen molar-refractivity contribution < 1.29 is 23.9 Å². The van der Waals surface area contributed by atoms with Crippen molar-refractivity contribution in [3.05, 3.63) is 93.5 Å². The molecule has 0 radical (unpaired) electrons. The first-order valence-corrected chi connectivity index (χ1v) is 11.8. The average Bonchev–Trinajstić information content (AvgIpc) is 2.83.